The quantitative estimate of drug-likeness (QED) is 0.756. The van der Waals surface area contributed by atoms with Crippen LogP contribution in [0.1, 0.15) is 49.4 Å². The Bertz CT molecular complexity index is 495. The van der Waals surface area contributed by atoms with E-state index in [0.717, 1.165) is 31.6 Å². The molecule has 1 heterocycles. The zero-order valence-corrected chi connectivity index (χ0v) is 12.8. The summed E-state index contributed by atoms with van der Waals surface area (Å²) in [5, 5.41) is 0. The van der Waals surface area contributed by atoms with Crippen LogP contribution in [-0.4, -0.2) is 36.3 Å². The maximum absolute atomic E-state index is 12.2. The van der Waals surface area contributed by atoms with Crippen molar-refractivity contribution in [1.82, 2.24) is 4.90 Å². The van der Waals surface area contributed by atoms with Gasteiger partial charge in [-0.2, -0.15) is 0 Å². The van der Waals surface area contributed by atoms with Crippen LogP contribution in [0.25, 0.3) is 0 Å². The van der Waals surface area contributed by atoms with Crippen molar-refractivity contribution in [3.8, 4) is 5.75 Å². The van der Waals surface area contributed by atoms with Gasteiger partial charge in [0, 0.05) is 31.0 Å². The second-order valence-electron chi connectivity index (χ2n) is 5.44. The molecule has 1 fully saturated rings. The van der Waals surface area contributed by atoms with Crippen LogP contribution in [0, 0.1) is 0 Å². The van der Waals surface area contributed by atoms with E-state index in [0.29, 0.717) is 18.0 Å². The van der Waals surface area contributed by atoms with E-state index in [1.165, 1.54) is 0 Å². The summed E-state index contributed by atoms with van der Waals surface area (Å²) in [5.41, 5.74) is 0.636. The first-order valence-electron chi connectivity index (χ1n) is 7.62. The van der Waals surface area contributed by atoms with Crippen LogP contribution in [0.2, 0.25) is 0 Å². The first-order valence-corrected chi connectivity index (χ1v) is 7.62. The molecular weight excluding hydrogens is 266 g/mol. The van der Waals surface area contributed by atoms with E-state index in [4.69, 9.17) is 4.74 Å². The van der Waals surface area contributed by atoms with Gasteiger partial charge in [0.25, 0.3) is 0 Å². The molecule has 1 atom stereocenters. The van der Waals surface area contributed by atoms with Crippen LogP contribution < -0.4 is 4.74 Å². The Morgan fingerprint density at radius 2 is 1.95 bits per heavy atom. The van der Waals surface area contributed by atoms with Crippen molar-refractivity contribution in [3.05, 3.63) is 29.8 Å². The van der Waals surface area contributed by atoms with Gasteiger partial charge in [0.1, 0.15) is 5.75 Å². The molecule has 0 spiro atoms. The lowest BCUT2D eigenvalue weighted by atomic mass is 10.1. The fourth-order valence-corrected chi connectivity index (χ4v) is 2.87. The van der Waals surface area contributed by atoms with Gasteiger partial charge in [-0.05, 0) is 43.5 Å². The lowest BCUT2D eigenvalue weighted by molar-refractivity contribution is -0.132. The lowest BCUT2D eigenvalue weighted by Crippen LogP contribution is -2.35. The molecule has 2 rings (SSSR count). The molecule has 1 aromatic carbocycles. The number of carbonyl (C=O) groups is 2. The maximum atomic E-state index is 12.2. The third kappa shape index (κ3) is 3.84. The number of benzene rings is 1. The molecule has 4 heteroatoms. The van der Waals surface area contributed by atoms with Crippen molar-refractivity contribution in [1.29, 1.82) is 0 Å². The van der Waals surface area contributed by atoms with Gasteiger partial charge in [-0.1, -0.05) is 6.92 Å². The number of hydrogen-bond donors (Lipinski definition) is 0. The lowest BCUT2D eigenvalue weighted by Gasteiger charge is -2.23. The minimum absolute atomic E-state index is 0.0123. The summed E-state index contributed by atoms with van der Waals surface area (Å²) >= 11 is 0. The van der Waals surface area contributed by atoms with Crippen LogP contribution in [0.4, 0.5) is 0 Å². The predicted octanol–water partition coefficient (Wildman–Crippen LogP) is 3.06. The smallest absolute Gasteiger partial charge is 0.223 e. The number of nitrogens with zero attached hydrogens (tertiary/aromatic N) is 1. The summed E-state index contributed by atoms with van der Waals surface area (Å²) in [7, 11) is 1.59. The Morgan fingerprint density at radius 1 is 1.24 bits per heavy atom. The number of likely N-dealkylation sites (tertiary alicyclic amines) is 1. The number of methoxy groups -OCH3 is 1. The third-order valence-corrected chi connectivity index (χ3v) is 4.15. The first kappa shape index (κ1) is 15.5. The van der Waals surface area contributed by atoms with Crippen molar-refractivity contribution >= 4 is 11.7 Å². The summed E-state index contributed by atoms with van der Waals surface area (Å²) in [4.78, 5) is 26.3. The number of rotatable bonds is 6. The van der Waals surface area contributed by atoms with E-state index in [-0.39, 0.29) is 18.1 Å². The highest BCUT2D eigenvalue weighted by Crippen LogP contribution is 2.21. The zero-order valence-electron chi connectivity index (χ0n) is 12.8. The zero-order chi connectivity index (χ0) is 15.2. The molecule has 4 nitrogen and oxygen atoms in total. The van der Waals surface area contributed by atoms with Gasteiger partial charge >= 0.3 is 0 Å². The van der Waals surface area contributed by atoms with Gasteiger partial charge in [0.2, 0.25) is 5.91 Å². The fourth-order valence-electron chi connectivity index (χ4n) is 2.87. The largest absolute Gasteiger partial charge is 0.497 e. The molecule has 1 unspecified atom stereocenters. The van der Waals surface area contributed by atoms with E-state index in [1.807, 2.05) is 4.90 Å². The monoisotopic (exact) mass is 289 g/mol. The third-order valence-electron chi connectivity index (χ3n) is 4.15. The Balaban J connectivity index is 1.86. The molecule has 0 aromatic heterocycles. The average Bonchev–Trinajstić information content (AvgIpc) is 3.01. The predicted molar refractivity (Wildman–Crippen MR) is 81.6 cm³/mol. The second kappa shape index (κ2) is 7.25. The summed E-state index contributed by atoms with van der Waals surface area (Å²) in [5.74, 6) is 0.852. The number of ether oxygens (including phenoxy) is 1. The number of amides is 1. The number of hydrogen-bond acceptors (Lipinski definition) is 3. The van der Waals surface area contributed by atoms with Gasteiger partial charge in [-0.15, -0.1) is 0 Å². The van der Waals surface area contributed by atoms with E-state index < -0.39 is 0 Å². The SMILES string of the molecule is CCC1CCCN1C(=O)CCC(=O)c1ccc(OC)cc1. The average molecular weight is 289 g/mol. The van der Waals surface area contributed by atoms with Gasteiger partial charge in [0.15, 0.2) is 5.78 Å². The minimum atomic E-state index is 0.0123. The van der Waals surface area contributed by atoms with Crippen LogP contribution in [0.5, 0.6) is 5.75 Å². The van der Waals surface area contributed by atoms with Gasteiger partial charge < -0.3 is 9.64 Å². The van der Waals surface area contributed by atoms with E-state index >= 15 is 0 Å². The summed E-state index contributed by atoms with van der Waals surface area (Å²) in [6.45, 7) is 2.95. The molecule has 1 amide bonds. The number of ketones is 1. The van der Waals surface area contributed by atoms with Crippen LogP contribution in [0.3, 0.4) is 0 Å². The molecule has 0 aliphatic carbocycles. The molecule has 1 aromatic rings. The Kier molecular flexibility index (Phi) is 5.37. The normalized spacial score (nSPS) is 17.8. The highest BCUT2D eigenvalue weighted by Gasteiger charge is 2.27. The topological polar surface area (TPSA) is 46.6 Å². The van der Waals surface area contributed by atoms with Crippen molar-refractivity contribution < 1.29 is 14.3 Å². The first-order chi connectivity index (χ1) is 10.2. The van der Waals surface area contributed by atoms with Crippen LogP contribution >= 0.6 is 0 Å². The van der Waals surface area contributed by atoms with Crippen molar-refractivity contribution in [3.63, 3.8) is 0 Å². The minimum Gasteiger partial charge on any atom is -0.497 e. The van der Waals surface area contributed by atoms with Crippen LogP contribution in [-0.2, 0) is 4.79 Å². The molecule has 1 aliphatic rings. The van der Waals surface area contributed by atoms with Crippen molar-refractivity contribution in [2.45, 2.75) is 45.1 Å². The molecule has 114 valence electrons. The van der Waals surface area contributed by atoms with Crippen LogP contribution in [0.15, 0.2) is 24.3 Å². The fraction of sp³-hybridized carbons (Fsp3) is 0.529. The Labute approximate surface area is 126 Å². The summed E-state index contributed by atoms with van der Waals surface area (Å²) < 4.78 is 5.07. The molecule has 0 saturated carbocycles. The van der Waals surface area contributed by atoms with E-state index in [1.54, 1.807) is 31.4 Å². The Hall–Kier alpha value is -1.84. The van der Waals surface area contributed by atoms with Gasteiger partial charge in [-0.25, -0.2) is 0 Å². The second-order valence-corrected chi connectivity index (χ2v) is 5.44. The highest BCUT2D eigenvalue weighted by atomic mass is 16.5. The number of Topliss-reactive ketones (excluding diaryl/α,β-unsaturated/α-hetero) is 1. The summed E-state index contributed by atoms with van der Waals surface area (Å²) in [6, 6.07) is 7.39. The van der Waals surface area contributed by atoms with E-state index in [2.05, 4.69) is 6.92 Å². The molecule has 1 aliphatic heterocycles. The van der Waals surface area contributed by atoms with Gasteiger partial charge in [0.05, 0.1) is 7.11 Å². The molecule has 21 heavy (non-hydrogen) atoms. The Morgan fingerprint density at radius 3 is 2.57 bits per heavy atom. The highest BCUT2D eigenvalue weighted by molar-refractivity contribution is 5.98. The summed E-state index contributed by atoms with van der Waals surface area (Å²) in [6.07, 6.45) is 3.75. The molecular formula is C17H23NO3. The van der Waals surface area contributed by atoms with Crippen molar-refractivity contribution in [2.75, 3.05) is 13.7 Å². The number of carbonyl (C=O) groups excluding carboxylic acids is 2. The molecule has 0 bridgehead atoms. The molecule has 0 N–H and O–H groups in total. The van der Waals surface area contributed by atoms with E-state index in [9.17, 15) is 9.59 Å². The molecule has 0 radical (unpaired) electrons. The molecule has 1 saturated heterocycles. The van der Waals surface area contributed by atoms with Gasteiger partial charge in [-0.3, -0.25) is 9.59 Å². The van der Waals surface area contributed by atoms with Crippen molar-refractivity contribution in [2.24, 2.45) is 0 Å². The maximum Gasteiger partial charge on any atom is 0.223 e. The standard InChI is InChI=1S/C17H23NO3/c1-3-14-5-4-12-18(14)17(20)11-10-16(19)13-6-8-15(21-2)9-7-13/h6-9,14H,3-5,10-12H2,1-2H3.